The quantitative estimate of drug-likeness (QED) is 0.706. The summed E-state index contributed by atoms with van der Waals surface area (Å²) in [5.41, 5.74) is 5.11. The van der Waals surface area contributed by atoms with E-state index in [2.05, 4.69) is 19.2 Å². The Bertz CT molecular complexity index is 213. The highest BCUT2D eigenvalue weighted by atomic mass is 16.5. The number of hydrogen-bond donors (Lipinski definition) is 2. The maximum absolute atomic E-state index is 11.5. The van der Waals surface area contributed by atoms with E-state index in [1.807, 2.05) is 0 Å². The average Bonchev–Trinajstić information content (AvgIpc) is 2.27. The molecule has 1 unspecified atom stereocenters. The van der Waals surface area contributed by atoms with Crippen molar-refractivity contribution in [2.75, 3.05) is 19.8 Å². The van der Waals surface area contributed by atoms with Gasteiger partial charge in [-0.3, -0.25) is 4.79 Å². The van der Waals surface area contributed by atoms with Gasteiger partial charge in [0.25, 0.3) is 0 Å². The summed E-state index contributed by atoms with van der Waals surface area (Å²) in [6, 6.07) is 0.434. The van der Waals surface area contributed by atoms with Crippen LogP contribution >= 0.6 is 0 Å². The fourth-order valence-electron chi connectivity index (χ4n) is 1.79. The lowest BCUT2D eigenvalue weighted by Gasteiger charge is -2.35. The van der Waals surface area contributed by atoms with Crippen molar-refractivity contribution >= 4 is 5.91 Å². The summed E-state index contributed by atoms with van der Waals surface area (Å²) in [7, 11) is 0. The lowest BCUT2D eigenvalue weighted by Crippen LogP contribution is -2.49. The molecule has 4 nitrogen and oxygen atoms in total. The molecule has 0 aromatic carbocycles. The van der Waals surface area contributed by atoms with Crippen LogP contribution in [0.1, 0.15) is 33.1 Å². The van der Waals surface area contributed by atoms with Gasteiger partial charge in [-0.2, -0.15) is 0 Å². The summed E-state index contributed by atoms with van der Waals surface area (Å²) in [4.78, 5) is 11.5. The summed E-state index contributed by atoms with van der Waals surface area (Å²) in [5, 5.41) is 3.37. The monoisotopic (exact) mass is 214 g/mol. The molecule has 1 amide bonds. The third kappa shape index (κ3) is 3.18. The first kappa shape index (κ1) is 12.5. The Morgan fingerprint density at radius 2 is 2.13 bits per heavy atom. The van der Waals surface area contributed by atoms with E-state index in [9.17, 15) is 4.79 Å². The first-order valence-electron chi connectivity index (χ1n) is 5.72. The molecule has 1 rings (SSSR count). The number of nitrogens with two attached hydrogens (primary N) is 1. The zero-order valence-corrected chi connectivity index (χ0v) is 9.71. The van der Waals surface area contributed by atoms with Crippen molar-refractivity contribution in [3.05, 3.63) is 0 Å². The second-order valence-electron chi connectivity index (χ2n) is 4.45. The Labute approximate surface area is 91.5 Å². The van der Waals surface area contributed by atoms with Gasteiger partial charge >= 0.3 is 0 Å². The predicted octanol–water partition coefficient (Wildman–Crippen LogP) is 0.657. The van der Waals surface area contributed by atoms with E-state index in [1.165, 1.54) is 0 Å². The van der Waals surface area contributed by atoms with Crippen molar-refractivity contribution in [3.63, 3.8) is 0 Å². The fourth-order valence-corrected chi connectivity index (χ4v) is 1.79. The van der Waals surface area contributed by atoms with Crippen LogP contribution in [0.4, 0.5) is 0 Å². The SMILES string of the molecule is CCC(C)NCC1(C(N)=O)CCOCC1. The second-order valence-corrected chi connectivity index (χ2v) is 4.45. The Morgan fingerprint density at radius 1 is 1.53 bits per heavy atom. The minimum absolute atomic E-state index is 0.193. The van der Waals surface area contributed by atoms with Crippen molar-refractivity contribution in [1.29, 1.82) is 0 Å². The normalized spacial score (nSPS) is 22.3. The molecule has 0 aliphatic carbocycles. The smallest absolute Gasteiger partial charge is 0.225 e. The van der Waals surface area contributed by atoms with Crippen LogP contribution in [0.15, 0.2) is 0 Å². The number of hydrogen-bond acceptors (Lipinski definition) is 3. The van der Waals surface area contributed by atoms with Crippen molar-refractivity contribution in [2.24, 2.45) is 11.1 Å². The summed E-state index contributed by atoms with van der Waals surface area (Å²) in [5.74, 6) is -0.193. The van der Waals surface area contributed by atoms with Crippen molar-refractivity contribution in [2.45, 2.75) is 39.2 Å². The number of carbonyl (C=O) groups is 1. The highest BCUT2D eigenvalue weighted by molar-refractivity contribution is 5.81. The average molecular weight is 214 g/mol. The number of carbonyl (C=O) groups excluding carboxylic acids is 1. The Balaban J connectivity index is 2.53. The van der Waals surface area contributed by atoms with E-state index < -0.39 is 0 Å². The van der Waals surface area contributed by atoms with Crippen LogP contribution in [0.2, 0.25) is 0 Å². The molecular formula is C11H22N2O2. The Kier molecular flexibility index (Phi) is 4.54. The van der Waals surface area contributed by atoms with Crippen molar-refractivity contribution in [3.8, 4) is 0 Å². The van der Waals surface area contributed by atoms with Crippen LogP contribution in [-0.4, -0.2) is 31.7 Å². The standard InChI is InChI=1S/C11H22N2O2/c1-3-9(2)13-8-11(10(12)14)4-6-15-7-5-11/h9,13H,3-8H2,1-2H3,(H2,12,14). The fraction of sp³-hybridized carbons (Fsp3) is 0.909. The Morgan fingerprint density at radius 3 is 2.60 bits per heavy atom. The molecule has 1 fully saturated rings. The molecule has 1 heterocycles. The highest BCUT2D eigenvalue weighted by Gasteiger charge is 2.38. The molecule has 0 spiro atoms. The molecule has 1 atom stereocenters. The molecular weight excluding hydrogens is 192 g/mol. The second kappa shape index (κ2) is 5.47. The van der Waals surface area contributed by atoms with Crippen LogP contribution in [0.3, 0.4) is 0 Å². The lowest BCUT2D eigenvalue weighted by molar-refractivity contribution is -0.133. The molecule has 15 heavy (non-hydrogen) atoms. The topological polar surface area (TPSA) is 64.3 Å². The van der Waals surface area contributed by atoms with Gasteiger partial charge in [-0.25, -0.2) is 0 Å². The number of rotatable bonds is 5. The van der Waals surface area contributed by atoms with E-state index in [0.717, 1.165) is 19.3 Å². The zero-order chi connectivity index (χ0) is 11.3. The molecule has 1 aliphatic rings. The molecule has 0 aromatic rings. The van der Waals surface area contributed by atoms with Gasteiger partial charge in [0, 0.05) is 25.8 Å². The minimum atomic E-state index is -0.387. The summed E-state index contributed by atoms with van der Waals surface area (Å²) < 4.78 is 5.27. The predicted molar refractivity (Wildman–Crippen MR) is 59.4 cm³/mol. The van der Waals surface area contributed by atoms with E-state index in [-0.39, 0.29) is 11.3 Å². The first-order chi connectivity index (χ1) is 7.10. The zero-order valence-electron chi connectivity index (χ0n) is 9.71. The van der Waals surface area contributed by atoms with E-state index in [0.29, 0.717) is 25.8 Å². The van der Waals surface area contributed by atoms with E-state index in [1.54, 1.807) is 0 Å². The van der Waals surface area contributed by atoms with Crippen LogP contribution in [-0.2, 0) is 9.53 Å². The van der Waals surface area contributed by atoms with Crippen LogP contribution in [0.25, 0.3) is 0 Å². The first-order valence-corrected chi connectivity index (χ1v) is 5.72. The number of amides is 1. The van der Waals surface area contributed by atoms with E-state index >= 15 is 0 Å². The molecule has 0 radical (unpaired) electrons. The van der Waals surface area contributed by atoms with Crippen LogP contribution in [0, 0.1) is 5.41 Å². The third-order valence-electron chi connectivity index (χ3n) is 3.37. The van der Waals surface area contributed by atoms with Gasteiger partial charge in [0.1, 0.15) is 0 Å². The lowest BCUT2D eigenvalue weighted by atomic mass is 9.79. The third-order valence-corrected chi connectivity index (χ3v) is 3.37. The van der Waals surface area contributed by atoms with E-state index in [4.69, 9.17) is 10.5 Å². The number of nitrogens with one attached hydrogen (secondary N) is 1. The molecule has 1 saturated heterocycles. The Hall–Kier alpha value is -0.610. The maximum Gasteiger partial charge on any atom is 0.225 e. The summed E-state index contributed by atoms with van der Waals surface area (Å²) in [6.07, 6.45) is 2.54. The van der Waals surface area contributed by atoms with Gasteiger partial charge in [-0.1, -0.05) is 6.92 Å². The summed E-state index contributed by atoms with van der Waals surface area (Å²) in [6.45, 7) is 6.21. The minimum Gasteiger partial charge on any atom is -0.381 e. The van der Waals surface area contributed by atoms with Crippen LogP contribution < -0.4 is 11.1 Å². The maximum atomic E-state index is 11.5. The van der Waals surface area contributed by atoms with Crippen molar-refractivity contribution in [1.82, 2.24) is 5.32 Å². The molecule has 3 N–H and O–H groups in total. The molecule has 1 aliphatic heterocycles. The van der Waals surface area contributed by atoms with Gasteiger partial charge in [-0.15, -0.1) is 0 Å². The summed E-state index contributed by atoms with van der Waals surface area (Å²) >= 11 is 0. The molecule has 0 saturated carbocycles. The number of primary amides is 1. The van der Waals surface area contributed by atoms with Crippen molar-refractivity contribution < 1.29 is 9.53 Å². The molecule has 4 heteroatoms. The molecule has 88 valence electrons. The largest absolute Gasteiger partial charge is 0.381 e. The van der Waals surface area contributed by atoms with Gasteiger partial charge in [0.05, 0.1) is 5.41 Å². The molecule has 0 aromatic heterocycles. The number of ether oxygens (including phenoxy) is 1. The van der Waals surface area contributed by atoms with Gasteiger partial charge < -0.3 is 15.8 Å². The van der Waals surface area contributed by atoms with Gasteiger partial charge in [0.2, 0.25) is 5.91 Å². The van der Waals surface area contributed by atoms with Gasteiger partial charge in [0.15, 0.2) is 0 Å². The van der Waals surface area contributed by atoms with Gasteiger partial charge in [-0.05, 0) is 26.2 Å². The molecule has 0 bridgehead atoms. The highest BCUT2D eigenvalue weighted by Crippen LogP contribution is 2.29. The van der Waals surface area contributed by atoms with Crippen LogP contribution in [0.5, 0.6) is 0 Å².